The van der Waals surface area contributed by atoms with E-state index in [0.29, 0.717) is 5.75 Å². The number of halogens is 2. The first-order chi connectivity index (χ1) is 6.70. The van der Waals surface area contributed by atoms with Gasteiger partial charge >= 0.3 is 0 Å². The van der Waals surface area contributed by atoms with Crippen LogP contribution in [-0.4, -0.2) is 11.7 Å². The standard InChI is InChI=1S/C10H11Br2NO/c11-6-3-4-7(12)10(14)9(6)8-2-1-5-13-8/h3-4,8,13-14H,1-2,5H2/t8-/m1/s1. The van der Waals surface area contributed by atoms with E-state index in [4.69, 9.17) is 0 Å². The van der Waals surface area contributed by atoms with E-state index in [1.54, 1.807) is 0 Å². The van der Waals surface area contributed by atoms with Crippen LogP contribution in [0.5, 0.6) is 5.75 Å². The summed E-state index contributed by atoms with van der Waals surface area (Å²) in [5.74, 6) is 0.346. The molecule has 0 amide bonds. The molecule has 2 N–H and O–H groups in total. The van der Waals surface area contributed by atoms with Gasteiger partial charge in [0.15, 0.2) is 0 Å². The molecular formula is C10H11Br2NO. The largest absolute Gasteiger partial charge is 0.506 e. The van der Waals surface area contributed by atoms with Crippen LogP contribution in [0.1, 0.15) is 24.4 Å². The molecule has 0 aromatic heterocycles. The van der Waals surface area contributed by atoms with Crippen LogP contribution in [0, 0.1) is 0 Å². The van der Waals surface area contributed by atoms with Gasteiger partial charge in [-0.2, -0.15) is 0 Å². The molecule has 1 heterocycles. The van der Waals surface area contributed by atoms with Crippen molar-refractivity contribution in [2.45, 2.75) is 18.9 Å². The first-order valence-electron chi connectivity index (χ1n) is 4.60. The molecule has 76 valence electrons. The van der Waals surface area contributed by atoms with Gasteiger partial charge in [0, 0.05) is 16.1 Å². The van der Waals surface area contributed by atoms with Crippen molar-refractivity contribution in [3.8, 4) is 5.75 Å². The third kappa shape index (κ3) is 1.83. The van der Waals surface area contributed by atoms with Gasteiger partial charge in [0.25, 0.3) is 0 Å². The summed E-state index contributed by atoms with van der Waals surface area (Å²) in [4.78, 5) is 0. The van der Waals surface area contributed by atoms with E-state index in [1.807, 2.05) is 12.1 Å². The lowest BCUT2D eigenvalue weighted by molar-refractivity contribution is 0.453. The molecule has 1 aliphatic heterocycles. The number of nitrogens with one attached hydrogen (secondary N) is 1. The third-order valence-electron chi connectivity index (χ3n) is 2.52. The van der Waals surface area contributed by atoms with Gasteiger partial charge in [0.2, 0.25) is 0 Å². The van der Waals surface area contributed by atoms with Crippen LogP contribution in [0.2, 0.25) is 0 Å². The molecule has 14 heavy (non-hydrogen) atoms. The zero-order valence-electron chi connectivity index (χ0n) is 7.56. The monoisotopic (exact) mass is 319 g/mol. The van der Waals surface area contributed by atoms with Crippen molar-refractivity contribution < 1.29 is 5.11 Å². The van der Waals surface area contributed by atoms with Crippen LogP contribution in [0.25, 0.3) is 0 Å². The van der Waals surface area contributed by atoms with E-state index in [1.165, 1.54) is 6.42 Å². The number of hydrogen-bond donors (Lipinski definition) is 2. The fraction of sp³-hybridized carbons (Fsp3) is 0.400. The predicted octanol–water partition coefficient (Wildman–Crippen LogP) is 3.34. The fourth-order valence-corrected chi connectivity index (χ4v) is 2.76. The van der Waals surface area contributed by atoms with Crippen LogP contribution in [0.15, 0.2) is 21.1 Å². The van der Waals surface area contributed by atoms with Gasteiger partial charge in [-0.25, -0.2) is 0 Å². The Kier molecular flexibility index (Phi) is 3.14. The van der Waals surface area contributed by atoms with Gasteiger partial charge in [0.1, 0.15) is 5.75 Å². The lowest BCUT2D eigenvalue weighted by atomic mass is 10.0. The average Bonchev–Trinajstić information content (AvgIpc) is 2.65. The summed E-state index contributed by atoms with van der Waals surface area (Å²) >= 11 is 6.80. The minimum absolute atomic E-state index is 0.280. The minimum Gasteiger partial charge on any atom is -0.506 e. The lowest BCUT2D eigenvalue weighted by Crippen LogP contribution is -2.13. The molecule has 2 nitrogen and oxygen atoms in total. The van der Waals surface area contributed by atoms with Crippen molar-refractivity contribution in [1.29, 1.82) is 0 Å². The molecule has 0 radical (unpaired) electrons. The number of phenolic OH excluding ortho intramolecular Hbond substituents is 1. The average molecular weight is 321 g/mol. The van der Waals surface area contributed by atoms with E-state index >= 15 is 0 Å². The van der Waals surface area contributed by atoms with E-state index < -0.39 is 0 Å². The number of phenols is 1. The summed E-state index contributed by atoms with van der Waals surface area (Å²) in [6.07, 6.45) is 2.26. The van der Waals surface area contributed by atoms with Crippen molar-refractivity contribution in [2.24, 2.45) is 0 Å². The van der Waals surface area contributed by atoms with Crippen LogP contribution >= 0.6 is 31.9 Å². The van der Waals surface area contributed by atoms with Crippen LogP contribution < -0.4 is 5.32 Å². The second kappa shape index (κ2) is 4.21. The first-order valence-corrected chi connectivity index (χ1v) is 6.19. The summed E-state index contributed by atoms with van der Waals surface area (Å²) in [5.41, 5.74) is 0.969. The zero-order chi connectivity index (χ0) is 10.1. The molecule has 1 aromatic rings. The Morgan fingerprint density at radius 3 is 2.64 bits per heavy atom. The van der Waals surface area contributed by atoms with Crippen molar-refractivity contribution in [1.82, 2.24) is 5.32 Å². The molecule has 1 fully saturated rings. The normalized spacial score (nSPS) is 21.4. The smallest absolute Gasteiger partial charge is 0.135 e. The van der Waals surface area contributed by atoms with Gasteiger partial charge in [-0.15, -0.1) is 0 Å². The topological polar surface area (TPSA) is 32.3 Å². The quantitative estimate of drug-likeness (QED) is 0.831. The Morgan fingerprint density at radius 2 is 2.00 bits per heavy atom. The van der Waals surface area contributed by atoms with Gasteiger partial charge in [-0.05, 0) is 47.4 Å². The third-order valence-corrected chi connectivity index (χ3v) is 3.85. The Balaban J connectivity index is 2.44. The van der Waals surface area contributed by atoms with Gasteiger partial charge in [-0.3, -0.25) is 0 Å². The van der Waals surface area contributed by atoms with Crippen molar-refractivity contribution >= 4 is 31.9 Å². The van der Waals surface area contributed by atoms with Crippen LogP contribution in [0.4, 0.5) is 0 Å². The molecule has 1 aromatic carbocycles. The van der Waals surface area contributed by atoms with Crippen molar-refractivity contribution in [3.63, 3.8) is 0 Å². The molecule has 1 saturated heterocycles. The highest BCUT2D eigenvalue weighted by Crippen LogP contribution is 2.40. The lowest BCUT2D eigenvalue weighted by Gasteiger charge is -2.15. The van der Waals surface area contributed by atoms with Crippen LogP contribution in [0.3, 0.4) is 0 Å². The number of benzene rings is 1. The summed E-state index contributed by atoms with van der Waals surface area (Å²) < 4.78 is 1.72. The molecular weight excluding hydrogens is 310 g/mol. The Hall–Kier alpha value is -0.0600. The maximum Gasteiger partial charge on any atom is 0.135 e. The molecule has 0 bridgehead atoms. The number of rotatable bonds is 1. The maximum atomic E-state index is 9.92. The van der Waals surface area contributed by atoms with Gasteiger partial charge < -0.3 is 10.4 Å². The molecule has 0 spiro atoms. The molecule has 1 atom stereocenters. The summed E-state index contributed by atoms with van der Waals surface area (Å²) in [7, 11) is 0. The Morgan fingerprint density at radius 1 is 1.29 bits per heavy atom. The van der Waals surface area contributed by atoms with E-state index in [9.17, 15) is 5.11 Å². The molecule has 2 rings (SSSR count). The van der Waals surface area contributed by atoms with E-state index in [2.05, 4.69) is 37.2 Å². The SMILES string of the molecule is Oc1c(Br)ccc(Br)c1[C@H]1CCCN1. The van der Waals surface area contributed by atoms with Crippen molar-refractivity contribution in [2.75, 3.05) is 6.54 Å². The molecule has 1 aliphatic rings. The number of aromatic hydroxyl groups is 1. The second-order valence-electron chi connectivity index (χ2n) is 3.44. The fourth-order valence-electron chi connectivity index (χ4n) is 1.82. The Labute approximate surface area is 100.0 Å². The maximum absolute atomic E-state index is 9.92. The van der Waals surface area contributed by atoms with E-state index in [-0.39, 0.29) is 6.04 Å². The molecule has 0 saturated carbocycles. The highest BCUT2D eigenvalue weighted by atomic mass is 79.9. The predicted molar refractivity (Wildman–Crippen MR) is 63.5 cm³/mol. The Bertz CT molecular complexity index is 348. The molecule has 4 heteroatoms. The van der Waals surface area contributed by atoms with E-state index in [0.717, 1.165) is 27.5 Å². The highest BCUT2D eigenvalue weighted by Gasteiger charge is 2.22. The minimum atomic E-state index is 0.280. The molecule has 0 aliphatic carbocycles. The molecule has 0 unspecified atom stereocenters. The van der Waals surface area contributed by atoms with Crippen molar-refractivity contribution in [3.05, 3.63) is 26.6 Å². The first kappa shape index (κ1) is 10.5. The second-order valence-corrected chi connectivity index (χ2v) is 5.15. The van der Waals surface area contributed by atoms with Gasteiger partial charge in [0.05, 0.1) is 4.47 Å². The van der Waals surface area contributed by atoms with Gasteiger partial charge in [-0.1, -0.05) is 15.9 Å². The number of hydrogen-bond acceptors (Lipinski definition) is 2. The highest BCUT2D eigenvalue weighted by molar-refractivity contribution is 9.11. The summed E-state index contributed by atoms with van der Waals surface area (Å²) in [5, 5.41) is 13.3. The van der Waals surface area contributed by atoms with Crippen LogP contribution in [-0.2, 0) is 0 Å². The summed E-state index contributed by atoms with van der Waals surface area (Å²) in [6.45, 7) is 1.03. The zero-order valence-corrected chi connectivity index (χ0v) is 10.7. The summed E-state index contributed by atoms with van der Waals surface area (Å²) in [6, 6.07) is 4.08.